The Hall–Kier alpha value is -1.52. The van der Waals surface area contributed by atoms with Crippen molar-refractivity contribution in [3.63, 3.8) is 0 Å². The molecule has 0 amide bonds. The number of hydrogen-bond donors (Lipinski definition) is 0. The Labute approximate surface area is 110 Å². The van der Waals surface area contributed by atoms with Crippen LogP contribution in [0.3, 0.4) is 0 Å². The van der Waals surface area contributed by atoms with E-state index in [2.05, 4.69) is 0 Å². The van der Waals surface area contributed by atoms with Crippen LogP contribution >= 0.6 is 0 Å². The van der Waals surface area contributed by atoms with E-state index in [0.29, 0.717) is 19.4 Å². The topological polar surface area (TPSA) is 20.3 Å². The summed E-state index contributed by atoms with van der Waals surface area (Å²) >= 11 is 0. The van der Waals surface area contributed by atoms with E-state index in [1.807, 2.05) is 0 Å². The van der Waals surface area contributed by atoms with Crippen molar-refractivity contribution in [2.75, 3.05) is 18.0 Å². The van der Waals surface area contributed by atoms with E-state index in [4.69, 9.17) is 0 Å². The van der Waals surface area contributed by atoms with Crippen LogP contribution in [0.15, 0.2) is 18.2 Å². The van der Waals surface area contributed by atoms with Crippen molar-refractivity contribution in [1.82, 2.24) is 0 Å². The van der Waals surface area contributed by atoms with Gasteiger partial charge in [0, 0.05) is 24.3 Å². The standard InChI is InChI=1S/C14H16F3NO/c15-14(16,17)12-9-11(10-19)5-6-13(12)18-7-3-1-2-4-8-18/h5-6,9-10H,1-4,7-8H2. The zero-order chi connectivity index (χ0) is 13.9. The second-order valence-electron chi connectivity index (χ2n) is 4.79. The lowest BCUT2D eigenvalue weighted by molar-refractivity contribution is -0.137. The molecule has 0 unspecified atom stereocenters. The molecule has 1 aliphatic heterocycles. The first-order valence-corrected chi connectivity index (χ1v) is 6.44. The number of alkyl halides is 3. The van der Waals surface area contributed by atoms with E-state index in [9.17, 15) is 18.0 Å². The Kier molecular flexibility index (Phi) is 4.12. The molecule has 1 saturated heterocycles. The van der Waals surface area contributed by atoms with E-state index in [-0.39, 0.29) is 11.3 Å². The van der Waals surface area contributed by atoms with Gasteiger partial charge in [-0.15, -0.1) is 0 Å². The molecule has 0 aromatic heterocycles. The van der Waals surface area contributed by atoms with Crippen LogP contribution in [0.2, 0.25) is 0 Å². The zero-order valence-electron chi connectivity index (χ0n) is 10.5. The molecule has 1 aliphatic rings. The molecular weight excluding hydrogens is 255 g/mol. The lowest BCUT2D eigenvalue weighted by Gasteiger charge is -2.26. The smallest absolute Gasteiger partial charge is 0.371 e. The van der Waals surface area contributed by atoms with Crippen molar-refractivity contribution in [2.24, 2.45) is 0 Å². The third-order valence-electron chi connectivity index (χ3n) is 3.41. The summed E-state index contributed by atoms with van der Waals surface area (Å²) in [6.07, 6.45) is -0.0455. The van der Waals surface area contributed by atoms with E-state index >= 15 is 0 Å². The SMILES string of the molecule is O=Cc1ccc(N2CCCCCC2)c(C(F)(F)F)c1. The quantitative estimate of drug-likeness (QED) is 0.760. The minimum absolute atomic E-state index is 0.0610. The van der Waals surface area contributed by atoms with Gasteiger partial charge in [-0.05, 0) is 31.0 Å². The zero-order valence-corrected chi connectivity index (χ0v) is 10.5. The molecule has 0 N–H and O–H groups in total. The van der Waals surface area contributed by atoms with Gasteiger partial charge < -0.3 is 4.90 Å². The van der Waals surface area contributed by atoms with Crippen LogP contribution in [0.4, 0.5) is 18.9 Å². The van der Waals surface area contributed by atoms with Gasteiger partial charge in [-0.1, -0.05) is 12.8 Å². The van der Waals surface area contributed by atoms with E-state index in [0.717, 1.165) is 31.7 Å². The third-order valence-corrected chi connectivity index (χ3v) is 3.41. The van der Waals surface area contributed by atoms with Gasteiger partial charge >= 0.3 is 6.18 Å². The molecule has 0 saturated carbocycles. The molecule has 1 heterocycles. The number of rotatable bonds is 2. The number of carbonyl (C=O) groups excluding carboxylic acids is 1. The second kappa shape index (κ2) is 5.63. The maximum absolute atomic E-state index is 13.1. The summed E-state index contributed by atoms with van der Waals surface area (Å²) in [7, 11) is 0. The normalized spacial score (nSPS) is 17.1. The summed E-state index contributed by atoms with van der Waals surface area (Å²) < 4.78 is 39.2. The number of anilines is 1. The minimum atomic E-state index is -4.43. The maximum atomic E-state index is 13.1. The van der Waals surface area contributed by atoms with Crippen molar-refractivity contribution >= 4 is 12.0 Å². The number of benzene rings is 1. The van der Waals surface area contributed by atoms with Gasteiger partial charge in [0.1, 0.15) is 6.29 Å². The maximum Gasteiger partial charge on any atom is 0.418 e. The number of nitrogens with zero attached hydrogens (tertiary/aromatic N) is 1. The van der Waals surface area contributed by atoms with Crippen molar-refractivity contribution in [2.45, 2.75) is 31.9 Å². The first-order valence-electron chi connectivity index (χ1n) is 6.44. The van der Waals surface area contributed by atoms with Crippen molar-refractivity contribution in [3.05, 3.63) is 29.3 Å². The summed E-state index contributed by atoms with van der Waals surface area (Å²) in [5.41, 5.74) is -0.454. The third kappa shape index (κ3) is 3.28. The summed E-state index contributed by atoms with van der Waals surface area (Å²) in [6, 6.07) is 3.80. The van der Waals surface area contributed by atoms with E-state index in [1.165, 1.54) is 12.1 Å². The van der Waals surface area contributed by atoms with Gasteiger partial charge in [0.25, 0.3) is 0 Å². The molecule has 0 radical (unpaired) electrons. The van der Waals surface area contributed by atoms with E-state index < -0.39 is 11.7 Å². The minimum Gasteiger partial charge on any atom is -0.371 e. The largest absolute Gasteiger partial charge is 0.418 e. The highest BCUT2D eigenvalue weighted by Gasteiger charge is 2.35. The number of hydrogen-bond acceptors (Lipinski definition) is 2. The molecule has 1 aromatic carbocycles. The highest BCUT2D eigenvalue weighted by atomic mass is 19.4. The van der Waals surface area contributed by atoms with Crippen LogP contribution in [0, 0.1) is 0 Å². The highest BCUT2D eigenvalue weighted by molar-refractivity contribution is 5.77. The van der Waals surface area contributed by atoms with Crippen LogP contribution < -0.4 is 4.90 Å². The molecule has 1 fully saturated rings. The molecule has 0 spiro atoms. The summed E-state index contributed by atoms with van der Waals surface area (Å²) in [5.74, 6) is 0. The lowest BCUT2D eigenvalue weighted by Crippen LogP contribution is -2.26. The fraction of sp³-hybridized carbons (Fsp3) is 0.500. The molecule has 19 heavy (non-hydrogen) atoms. The van der Waals surface area contributed by atoms with Crippen LogP contribution in [0.5, 0.6) is 0 Å². The second-order valence-corrected chi connectivity index (χ2v) is 4.79. The van der Waals surface area contributed by atoms with Crippen LogP contribution in [-0.2, 0) is 6.18 Å². The molecule has 104 valence electrons. The number of aldehydes is 1. The Morgan fingerprint density at radius 1 is 1.05 bits per heavy atom. The van der Waals surface area contributed by atoms with Crippen molar-refractivity contribution < 1.29 is 18.0 Å². The van der Waals surface area contributed by atoms with E-state index in [1.54, 1.807) is 4.90 Å². The molecule has 0 atom stereocenters. The van der Waals surface area contributed by atoms with Gasteiger partial charge in [0.2, 0.25) is 0 Å². The van der Waals surface area contributed by atoms with Gasteiger partial charge in [-0.3, -0.25) is 4.79 Å². The van der Waals surface area contributed by atoms with Crippen LogP contribution in [0.1, 0.15) is 41.6 Å². The predicted octanol–water partition coefficient (Wildman–Crippen LogP) is 3.90. The predicted molar refractivity (Wildman–Crippen MR) is 67.5 cm³/mol. The average Bonchev–Trinajstić information content (AvgIpc) is 2.65. The lowest BCUT2D eigenvalue weighted by atomic mass is 10.1. The highest BCUT2D eigenvalue weighted by Crippen LogP contribution is 2.37. The molecular formula is C14H16F3NO. The fourth-order valence-electron chi connectivity index (χ4n) is 2.44. The van der Waals surface area contributed by atoms with Crippen LogP contribution in [-0.4, -0.2) is 19.4 Å². The fourth-order valence-corrected chi connectivity index (χ4v) is 2.44. The van der Waals surface area contributed by atoms with Gasteiger partial charge in [0.15, 0.2) is 0 Å². The number of halogens is 3. The van der Waals surface area contributed by atoms with Gasteiger partial charge in [-0.2, -0.15) is 13.2 Å². The summed E-state index contributed by atoms with van der Waals surface area (Å²) in [5, 5.41) is 0. The molecule has 2 nitrogen and oxygen atoms in total. The Balaban J connectivity index is 2.40. The van der Waals surface area contributed by atoms with Crippen molar-refractivity contribution in [1.29, 1.82) is 0 Å². The molecule has 1 aromatic rings. The Morgan fingerprint density at radius 3 is 2.21 bits per heavy atom. The molecule has 0 aliphatic carbocycles. The summed E-state index contributed by atoms with van der Waals surface area (Å²) in [6.45, 7) is 1.28. The monoisotopic (exact) mass is 271 g/mol. The summed E-state index contributed by atoms with van der Waals surface area (Å²) in [4.78, 5) is 12.4. The first-order chi connectivity index (χ1) is 9.02. The Morgan fingerprint density at radius 2 is 1.68 bits per heavy atom. The molecule has 0 bridgehead atoms. The molecule has 5 heteroatoms. The average molecular weight is 271 g/mol. The Bertz CT molecular complexity index is 448. The van der Waals surface area contributed by atoms with Crippen LogP contribution in [0.25, 0.3) is 0 Å². The number of carbonyl (C=O) groups is 1. The van der Waals surface area contributed by atoms with Gasteiger partial charge in [0.05, 0.1) is 5.56 Å². The molecule has 2 rings (SSSR count). The van der Waals surface area contributed by atoms with Crippen molar-refractivity contribution in [3.8, 4) is 0 Å². The first kappa shape index (κ1) is 13.9. The van der Waals surface area contributed by atoms with Gasteiger partial charge in [-0.25, -0.2) is 0 Å².